The summed E-state index contributed by atoms with van der Waals surface area (Å²) in [5.74, 6) is 0.959. The molecule has 0 aromatic heterocycles. The van der Waals surface area contributed by atoms with Crippen LogP contribution in [0.15, 0.2) is 48.5 Å². The van der Waals surface area contributed by atoms with Gasteiger partial charge in [0.05, 0.1) is 5.41 Å². The zero-order chi connectivity index (χ0) is 23.9. The standard InChI is InChI=1S/C27H26N2O5/c1-2-7-23(24(30)31)29-25(32)27-13-16(27)12-17(14-27)28-26(33)34-15-22-20-10-5-3-8-18(20)19-9-4-6-11-21(19)22/h1,3-6,8-11,16-17,22-23H,7,12-15H2,(H,28,33)(H,29,32)(H,30,31)/t16-,17+,23?,27+/m0/s1. The van der Waals surface area contributed by atoms with Crippen LogP contribution >= 0.6 is 0 Å². The first-order valence-corrected chi connectivity index (χ1v) is 11.5. The number of amides is 2. The molecule has 0 spiro atoms. The van der Waals surface area contributed by atoms with Crippen LogP contribution in [0.3, 0.4) is 0 Å². The molecule has 2 aromatic rings. The van der Waals surface area contributed by atoms with Crippen molar-refractivity contribution in [2.45, 2.75) is 43.7 Å². The minimum Gasteiger partial charge on any atom is -0.480 e. The molecular weight excluding hydrogens is 432 g/mol. The van der Waals surface area contributed by atoms with Gasteiger partial charge in [0.25, 0.3) is 0 Å². The molecule has 0 aliphatic heterocycles. The second-order valence-electron chi connectivity index (χ2n) is 9.44. The largest absolute Gasteiger partial charge is 0.480 e. The van der Waals surface area contributed by atoms with E-state index >= 15 is 0 Å². The number of carboxylic acids is 1. The van der Waals surface area contributed by atoms with Gasteiger partial charge in [-0.3, -0.25) is 4.79 Å². The summed E-state index contributed by atoms with van der Waals surface area (Å²) >= 11 is 0. The Morgan fingerprint density at radius 1 is 1.09 bits per heavy atom. The number of terminal acetylenes is 1. The molecule has 0 bridgehead atoms. The van der Waals surface area contributed by atoms with Crippen molar-refractivity contribution in [3.63, 3.8) is 0 Å². The van der Waals surface area contributed by atoms with E-state index in [9.17, 15) is 19.5 Å². The van der Waals surface area contributed by atoms with Gasteiger partial charge >= 0.3 is 12.1 Å². The summed E-state index contributed by atoms with van der Waals surface area (Å²) in [7, 11) is 0. The number of rotatable bonds is 7. The minimum absolute atomic E-state index is 0.0173. The van der Waals surface area contributed by atoms with Crippen molar-refractivity contribution in [1.82, 2.24) is 10.6 Å². The number of fused-ring (bicyclic) bond motifs is 4. The molecule has 2 fully saturated rings. The lowest BCUT2D eigenvalue weighted by Gasteiger charge is -2.20. The van der Waals surface area contributed by atoms with E-state index in [1.807, 2.05) is 24.3 Å². The lowest BCUT2D eigenvalue weighted by atomic mass is 9.98. The molecule has 7 heteroatoms. The van der Waals surface area contributed by atoms with E-state index in [2.05, 4.69) is 40.8 Å². The van der Waals surface area contributed by atoms with Gasteiger partial charge in [-0.05, 0) is 47.4 Å². The molecule has 2 saturated carbocycles. The summed E-state index contributed by atoms with van der Waals surface area (Å²) in [5.41, 5.74) is 4.01. The Kier molecular flexibility index (Phi) is 5.52. The van der Waals surface area contributed by atoms with Gasteiger partial charge in [-0.15, -0.1) is 12.3 Å². The zero-order valence-corrected chi connectivity index (χ0v) is 18.6. The molecule has 34 heavy (non-hydrogen) atoms. The van der Waals surface area contributed by atoms with E-state index < -0.39 is 23.5 Å². The molecule has 2 aromatic carbocycles. The first kappa shape index (κ1) is 22.0. The average molecular weight is 459 g/mol. The number of aliphatic carboxylic acids is 1. The van der Waals surface area contributed by atoms with Gasteiger partial charge in [-0.1, -0.05) is 48.5 Å². The summed E-state index contributed by atoms with van der Waals surface area (Å²) < 4.78 is 5.62. The molecule has 1 unspecified atom stereocenters. The molecule has 3 aliphatic rings. The van der Waals surface area contributed by atoms with Gasteiger partial charge in [0.1, 0.15) is 12.6 Å². The van der Waals surface area contributed by atoms with Gasteiger partial charge in [-0.2, -0.15) is 0 Å². The van der Waals surface area contributed by atoms with Crippen molar-refractivity contribution in [3.05, 3.63) is 59.7 Å². The first-order valence-electron chi connectivity index (χ1n) is 11.5. The van der Waals surface area contributed by atoms with Crippen LogP contribution in [0.4, 0.5) is 4.79 Å². The maximum atomic E-state index is 12.8. The SMILES string of the molecule is C#CCC(NC(=O)[C@]12C[C@H](NC(=O)OCC3c4ccccc4-c4ccccc43)C[C@H]1C2)C(=O)O. The number of carbonyl (C=O) groups excluding carboxylic acids is 2. The number of hydrogen-bond acceptors (Lipinski definition) is 4. The number of alkyl carbamates (subject to hydrolysis) is 1. The Labute approximate surface area is 197 Å². The number of benzene rings is 2. The highest BCUT2D eigenvalue weighted by Gasteiger charge is 2.65. The van der Waals surface area contributed by atoms with Crippen LogP contribution in [-0.2, 0) is 14.3 Å². The third-order valence-corrected chi connectivity index (χ3v) is 7.45. The topological polar surface area (TPSA) is 105 Å². The van der Waals surface area contributed by atoms with Crippen molar-refractivity contribution in [2.24, 2.45) is 11.3 Å². The van der Waals surface area contributed by atoms with Crippen LogP contribution in [0.1, 0.15) is 42.7 Å². The normalized spacial score (nSPS) is 24.7. The van der Waals surface area contributed by atoms with Crippen molar-refractivity contribution >= 4 is 18.0 Å². The number of nitrogens with one attached hydrogen (secondary N) is 2. The highest BCUT2D eigenvalue weighted by atomic mass is 16.5. The van der Waals surface area contributed by atoms with Crippen LogP contribution < -0.4 is 10.6 Å². The molecule has 0 radical (unpaired) electrons. The summed E-state index contributed by atoms with van der Waals surface area (Å²) in [6.45, 7) is 0.230. The van der Waals surface area contributed by atoms with Gasteiger partial charge < -0.3 is 20.5 Å². The Morgan fingerprint density at radius 3 is 2.35 bits per heavy atom. The molecule has 2 amide bonds. The van der Waals surface area contributed by atoms with E-state index in [4.69, 9.17) is 11.2 Å². The molecule has 3 N–H and O–H groups in total. The van der Waals surface area contributed by atoms with E-state index in [-0.39, 0.29) is 36.8 Å². The Morgan fingerprint density at radius 2 is 1.74 bits per heavy atom. The third-order valence-electron chi connectivity index (χ3n) is 7.45. The van der Waals surface area contributed by atoms with Gasteiger partial charge in [0.2, 0.25) is 5.91 Å². The lowest BCUT2D eigenvalue weighted by molar-refractivity contribution is -0.142. The first-order chi connectivity index (χ1) is 16.4. The highest BCUT2D eigenvalue weighted by Crippen LogP contribution is 2.63. The van der Waals surface area contributed by atoms with Crippen molar-refractivity contribution in [3.8, 4) is 23.5 Å². The molecule has 4 atom stereocenters. The Bertz CT molecular complexity index is 1160. The minimum atomic E-state index is -1.15. The predicted molar refractivity (Wildman–Crippen MR) is 125 cm³/mol. The van der Waals surface area contributed by atoms with E-state index in [0.29, 0.717) is 19.3 Å². The van der Waals surface area contributed by atoms with Crippen LogP contribution in [-0.4, -0.2) is 41.8 Å². The van der Waals surface area contributed by atoms with Crippen molar-refractivity contribution in [2.75, 3.05) is 6.61 Å². The quantitative estimate of drug-likeness (QED) is 0.553. The zero-order valence-electron chi connectivity index (χ0n) is 18.6. The number of ether oxygens (including phenoxy) is 1. The molecule has 0 heterocycles. The van der Waals surface area contributed by atoms with Crippen LogP contribution in [0.2, 0.25) is 0 Å². The Balaban J connectivity index is 1.17. The number of carboxylic acid groups (broad SMARTS) is 1. The van der Waals surface area contributed by atoms with E-state index in [1.165, 1.54) is 11.1 Å². The smallest absolute Gasteiger partial charge is 0.407 e. The van der Waals surface area contributed by atoms with Crippen LogP contribution in [0.25, 0.3) is 11.1 Å². The fraction of sp³-hybridized carbons (Fsp3) is 0.370. The monoisotopic (exact) mass is 458 g/mol. The van der Waals surface area contributed by atoms with Gasteiger partial charge in [0, 0.05) is 18.4 Å². The fourth-order valence-electron chi connectivity index (χ4n) is 5.71. The summed E-state index contributed by atoms with van der Waals surface area (Å²) in [5, 5.41) is 14.7. The molecule has 7 nitrogen and oxygen atoms in total. The summed E-state index contributed by atoms with van der Waals surface area (Å²) in [6, 6.07) is 15.0. The maximum absolute atomic E-state index is 12.8. The second kappa shape index (κ2) is 8.53. The average Bonchev–Trinajstić information content (AvgIpc) is 3.25. The molecule has 174 valence electrons. The molecule has 3 aliphatic carbocycles. The third kappa shape index (κ3) is 3.79. The van der Waals surface area contributed by atoms with Crippen molar-refractivity contribution in [1.29, 1.82) is 0 Å². The van der Waals surface area contributed by atoms with Crippen LogP contribution in [0.5, 0.6) is 0 Å². The Hall–Kier alpha value is -3.79. The summed E-state index contributed by atoms with van der Waals surface area (Å²) in [6.07, 6.45) is 6.49. The van der Waals surface area contributed by atoms with E-state index in [1.54, 1.807) is 0 Å². The fourth-order valence-corrected chi connectivity index (χ4v) is 5.71. The van der Waals surface area contributed by atoms with Crippen molar-refractivity contribution < 1.29 is 24.2 Å². The molecular formula is C27H26N2O5. The summed E-state index contributed by atoms with van der Waals surface area (Å²) in [4.78, 5) is 36.7. The number of carbonyl (C=O) groups is 3. The maximum Gasteiger partial charge on any atom is 0.407 e. The van der Waals surface area contributed by atoms with E-state index in [0.717, 1.165) is 11.1 Å². The van der Waals surface area contributed by atoms with Gasteiger partial charge in [-0.25, -0.2) is 9.59 Å². The number of hydrogen-bond donors (Lipinski definition) is 3. The predicted octanol–water partition coefficient (Wildman–Crippen LogP) is 3.29. The highest BCUT2D eigenvalue weighted by molar-refractivity contribution is 5.90. The van der Waals surface area contributed by atoms with Gasteiger partial charge in [0.15, 0.2) is 0 Å². The second-order valence-corrected chi connectivity index (χ2v) is 9.44. The molecule has 0 saturated heterocycles. The molecule has 5 rings (SSSR count). The lowest BCUT2D eigenvalue weighted by Crippen LogP contribution is -2.45. The van der Waals surface area contributed by atoms with Crippen LogP contribution in [0, 0.1) is 23.7 Å².